The summed E-state index contributed by atoms with van der Waals surface area (Å²) in [4.78, 5) is 50.3. The van der Waals surface area contributed by atoms with Gasteiger partial charge in [0.2, 0.25) is 0 Å². The van der Waals surface area contributed by atoms with Crippen molar-refractivity contribution in [2.45, 2.75) is 19.9 Å². The van der Waals surface area contributed by atoms with Crippen LogP contribution in [0.1, 0.15) is 19.4 Å². The fourth-order valence-electron chi connectivity index (χ4n) is 2.92. The van der Waals surface area contributed by atoms with Crippen LogP contribution in [-0.2, 0) is 19.1 Å². The molecule has 0 saturated carbocycles. The number of thioether (sulfide) groups is 1. The summed E-state index contributed by atoms with van der Waals surface area (Å²) in [6.45, 7) is 3.01. The highest BCUT2D eigenvalue weighted by Crippen LogP contribution is 2.35. The lowest BCUT2D eigenvalue weighted by Gasteiger charge is -2.19. The number of carbonyl (C=O) groups is 4. The molecule has 2 aromatic rings. The molecule has 3 rings (SSSR count). The maximum atomic E-state index is 12.8. The molecule has 3 amide bonds. The third-order valence-corrected chi connectivity index (χ3v) is 5.34. The van der Waals surface area contributed by atoms with Gasteiger partial charge in [-0.2, -0.15) is 0 Å². The Morgan fingerprint density at radius 3 is 2.50 bits per heavy atom. The smallest absolute Gasteiger partial charge is 0.329 e. The van der Waals surface area contributed by atoms with Gasteiger partial charge in [0.1, 0.15) is 11.8 Å². The number of rotatable bonds is 8. The number of benzene rings is 2. The first kappa shape index (κ1) is 23.1. The van der Waals surface area contributed by atoms with Crippen LogP contribution in [0.5, 0.6) is 5.75 Å². The molecule has 1 aliphatic rings. The Morgan fingerprint density at radius 1 is 1.09 bits per heavy atom. The van der Waals surface area contributed by atoms with Crippen molar-refractivity contribution in [3.05, 3.63) is 65.1 Å². The minimum atomic E-state index is -1.03. The summed E-state index contributed by atoms with van der Waals surface area (Å²) in [5.41, 5.74) is 1.17. The Labute approximate surface area is 189 Å². The van der Waals surface area contributed by atoms with E-state index < -0.39 is 23.2 Å². The molecule has 1 atom stereocenters. The van der Waals surface area contributed by atoms with E-state index >= 15 is 0 Å². The van der Waals surface area contributed by atoms with Gasteiger partial charge in [-0.05, 0) is 49.9 Å². The molecule has 1 saturated heterocycles. The van der Waals surface area contributed by atoms with Gasteiger partial charge in [0.15, 0.2) is 6.61 Å². The van der Waals surface area contributed by atoms with Crippen molar-refractivity contribution >= 4 is 46.5 Å². The van der Waals surface area contributed by atoms with Crippen molar-refractivity contribution in [3.63, 3.8) is 0 Å². The van der Waals surface area contributed by atoms with Gasteiger partial charge in [-0.3, -0.25) is 19.3 Å². The monoisotopic (exact) mass is 454 g/mol. The highest BCUT2D eigenvalue weighted by atomic mass is 32.2. The molecule has 1 aliphatic heterocycles. The molecule has 0 bridgehead atoms. The zero-order valence-corrected chi connectivity index (χ0v) is 18.4. The number of nitrogens with zero attached hydrogens (tertiary/aromatic N) is 1. The van der Waals surface area contributed by atoms with Gasteiger partial charge in [0, 0.05) is 11.3 Å². The van der Waals surface area contributed by atoms with E-state index in [1.54, 1.807) is 43.3 Å². The summed E-state index contributed by atoms with van der Waals surface area (Å²) in [6.07, 6.45) is 1.51. The molecular weight excluding hydrogens is 432 g/mol. The maximum absolute atomic E-state index is 12.8. The van der Waals surface area contributed by atoms with E-state index in [-0.39, 0.29) is 24.0 Å². The first-order chi connectivity index (χ1) is 15.4. The van der Waals surface area contributed by atoms with Gasteiger partial charge in [-0.1, -0.05) is 36.4 Å². The number of imide groups is 1. The number of hydrogen-bond donors (Lipinski definition) is 1. The number of nitrogens with one attached hydrogen (secondary N) is 1. The third kappa shape index (κ3) is 5.55. The zero-order chi connectivity index (χ0) is 23.1. The van der Waals surface area contributed by atoms with Crippen LogP contribution in [0.4, 0.5) is 10.5 Å². The molecule has 1 fully saturated rings. The number of esters is 1. The molecule has 0 radical (unpaired) electrons. The zero-order valence-electron chi connectivity index (χ0n) is 17.6. The summed E-state index contributed by atoms with van der Waals surface area (Å²) in [7, 11) is 0. The number of hydrogen-bond acceptors (Lipinski definition) is 7. The van der Waals surface area contributed by atoms with Gasteiger partial charge in [-0.15, -0.1) is 0 Å². The van der Waals surface area contributed by atoms with Crippen molar-refractivity contribution in [1.29, 1.82) is 0 Å². The number of ether oxygens (including phenoxy) is 2. The molecule has 166 valence electrons. The van der Waals surface area contributed by atoms with E-state index in [4.69, 9.17) is 9.47 Å². The van der Waals surface area contributed by atoms with Crippen LogP contribution < -0.4 is 10.1 Å². The molecule has 32 heavy (non-hydrogen) atoms. The molecule has 0 aliphatic carbocycles. The maximum Gasteiger partial charge on any atom is 0.329 e. The summed E-state index contributed by atoms with van der Waals surface area (Å²) in [5.74, 6) is -1.20. The van der Waals surface area contributed by atoms with Gasteiger partial charge >= 0.3 is 5.97 Å². The molecule has 0 aromatic heterocycles. The summed E-state index contributed by atoms with van der Waals surface area (Å²) < 4.78 is 10.5. The van der Waals surface area contributed by atoms with Gasteiger partial charge in [0.05, 0.1) is 11.5 Å². The van der Waals surface area contributed by atoms with Crippen LogP contribution in [0.2, 0.25) is 0 Å². The highest BCUT2D eigenvalue weighted by molar-refractivity contribution is 8.18. The second-order valence-electron chi connectivity index (χ2n) is 6.72. The van der Waals surface area contributed by atoms with Crippen LogP contribution in [0.15, 0.2) is 59.5 Å². The van der Waals surface area contributed by atoms with Crippen molar-refractivity contribution in [2.24, 2.45) is 0 Å². The van der Waals surface area contributed by atoms with E-state index in [1.165, 1.54) is 13.0 Å². The molecule has 2 aromatic carbocycles. The molecule has 9 heteroatoms. The van der Waals surface area contributed by atoms with Crippen molar-refractivity contribution in [3.8, 4) is 5.75 Å². The Bertz CT molecular complexity index is 1050. The Kier molecular flexibility index (Phi) is 7.67. The van der Waals surface area contributed by atoms with E-state index in [0.717, 1.165) is 16.7 Å². The van der Waals surface area contributed by atoms with E-state index in [2.05, 4.69) is 5.32 Å². The van der Waals surface area contributed by atoms with Crippen LogP contribution in [-0.4, -0.2) is 47.2 Å². The molecule has 0 spiro atoms. The van der Waals surface area contributed by atoms with Crippen LogP contribution in [0.25, 0.3) is 6.08 Å². The fraction of sp³-hybridized carbons (Fsp3) is 0.217. The fourth-order valence-corrected chi connectivity index (χ4v) is 3.82. The largest absolute Gasteiger partial charge is 0.483 e. The predicted octanol–water partition coefficient (Wildman–Crippen LogP) is 3.69. The molecular formula is C23H22N2O6S. The SMILES string of the molecule is CCOC(=O)[C@@H](C)N1C(=O)S/C(=C\c2ccccc2OCC(=O)Nc2ccccc2)C1=O. The predicted molar refractivity (Wildman–Crippen MR) is 121 cm³/mol. The second-order valence-corrected chi connectivity index (χ2v) is 7.71. The van der Waals surface area contributed by atoms with E-state index in [0.29, 0.717) is 17.0 Å². The van der Waals surface area contributed by atoms with E-state index in [9.17, 15) is 19.2 Å². The Balaban J connectivity index is 1.71. The number of para-hydroxylation sites is 2. The topological polar surface area (TPSA) is 102 Å². The second kappa shape index (κ2) is 10.6. The van der Waals surface area contributed by atoms with Crippen LogP contribution in [0.3, 0.4) is 0 Å². The summed E-state index contributed by atoms with van der Waals surface area (Å²) >= 11 is 0.731. The lowest BCUT2D eigenvalue weighted by atomic mass is 10.1. The lowest BCUT2D eigenvalue weighted by molar-refractivity contribution is -0.150. The number of amides is 3. The summed E-state index contributed by atoms with van der Waals surface area (Å²) in [6, 6.07) is 14.8. The average molecular weight is 455 g/mol. The first-order valence-electron chi connectivity index (χ1n) is 9.91. The van der Waals surface area contributed by atoms with Gasteiger partial charge < -0.3 is 14.8 Å². The Morgan fingerprint density at radius 2 is 1.78 bits per heavy atom. The minimum absolute atomic E-state index is 0.149. The number of carbonyl (C=O) groups excluding carboxylic acids is 4. The Hall–Kier alpha value is -3.59. The van der Waals surface area contributed by atoms with Crippen molar-refractivity contribution < 1.29 is 28.7 Å². The van der Waals surface area contributed by atoms with E-state index in [1.807, 2.05) is 18.2 Å². The summed E-state index contributed by atoms with van der Waals surface area (Å²) in [5, 5.41) is 2.17. The third-order valence-electron chi connectivity index (χ3n) is 4.46. The van der Waals surface area contributed by atoms with Gasteiger partial charge in [0.25, 0.3) is 17.1 Å². The van der Waals surface area contributed by atoms with Gasteiger partial charge in [-0.25, -0.2) is 4.79 Å². The normalized spacial score (nSPS) is 15.6. The standard InChI is InChI=1S/C23H22N2O6S/c1-3-30-22(28)15(2)25-21(27)19(32-23(25)29)13-16-9-7-8-12-18(16)31-14-20(26)24-17-10-5-4-6-11-17/h4-13,15H,3,14H2,1-2H3,(H,24,26)/b19-13-/t15-/m1/s1. The average Bonchev–Trinajstić information content (AvgIpc) is 3.06. The van der Waals surface area contributed by atoms with Crippen LogP contribution in [0, 0.1) is 0 Å². The van der Waals surface area contributed by atoms with Crippen molar-refractivity contribution in [2.75, 3.05) is 18.5 Å². The quantitative estimate of drug-likeness (QED) is 0.479. The number of anilines is 1. The molecule has 1 N–H and O–H groups in total. The highest BCUT2D eigenvalue weighted by Gasteiger charge is 2.41. The van der Waals surface area contributed by atoms with Crippen molar-refractivity contribution in [1.82, 2.24) is 4.90 Å². The minimum Gasteiger partial charge on any atom is -0.483 e. The first-order valence-corrected chi connectivity index (χ1v) is 10.7. The lowest BCUT2D eigenvalue weighted by Crippen LogP contribution is -2.42. The molecule has 8 nitrogen and oxygen atoms in total. The molecule has 1 heterocycles. The van der Waals surface area contributed by atoms with Crippen LogP contribution >= 0.6 is 11.8 Å². The molecule has 0 unspecified atom stereocenters.